The second kappa shape index (κ2) is 6.32. The highest BCUT2D eigenvalue weighted by Gasteiger charge is 2.25. The molecule has 1 heterocycles. The fourth-order valence-electron chi connectivity index (χ4n) is 1.80. The first-order chi connectivity index (χ1) is 10.2. The molecule has 0 aliphatic rings. The minimum Gasteiger partial charge on any atom is -0.481 e. The van der Waals surface area contributed by atoms with Crippen molar-refractivity contribution in [3.05, 3.63) is 50.5 Å². The summed E-state index contributed by atoms with van der Waals surface area (Å²) in [6.45, 7) is 0. The van der Waals surface area contributed by atoms with Crippen molar-refractivity contribution in [2.24, 2.45) is 0 Å². The molecular formula is C13H5Cl3F3NO2. The normalized spacial score (nSPS) is 10.8. The predicted molar refractivity (Wildman–Crippen MR) is 75.9 cm³/mol. The topological polar surface area (TPSA) is 50.2 Å². The summed E-state index contributed by atoms with van der Waals surface area (Å²) >= 11 is 17.4. The molecule has 116 valence electrons. The average molecular weight is 371 g/mol. The van der Waals surface area contributed by atoms with Crippen LogP contribution in [-0.2, 0) is 11.2 Å². The molecule has 22 heavy (non-hydrogen) atoms. The zero-order chi connectivity index (χ0) is 16.6. The number of aliphatic carboxylic acids is 1. The summed E-state index contributed by atoms with van der Waals surface area (Å²) in [5.41, 5.74) is -1.95. The number of hydrogen-bond donors (Lipinski definition) is 1. The summed E-state index contributed by atoms with van der Waals surface area (Å²) in [6.07, 6.45) is -0.929. The van der Waals surface area contributed by atoms with Crippen molar-refractivity contribution in [3.63, 3.8) is 0 Å². The maximum atomic E-state index is 14.3. The van der Waals surface area contributed by atoms with Gasteiger partial charge in [0.25, 0.3) is 0 Å². The molecule has 0 saturated carbocycles. The molecule has 1 aromatic carbocycles. The van der Waals surface area contributed by atoms with Crippen LogP contribution in [0.25, 0.3) is 11.1 Å². The van der Waals surface area contributed by atoms with Crippen LogP contribution in [0.3, 0.4) is 0 Å². The van der Waals surface area contributed by atoms with Crippen molar-refractivity contribution in [2.75, 3.05) is 0 Å². The molecule has 0 saturated heterocycles. The highest BCUT2D eigenvalue weighted by Crippen LogP contribution is 2.39. The molecule has 1 aromatic heterocycles. The molecule has 0 fully saturated rings. The first kappa shape index (κ1) is 16.9. The fourth-order valence-corrected chi connectivity index (χ4v) is 2.49. The second-order valence-corrected chi connectivity index (χ2v) is 5.39. The number of aromatic nitrogens is 1. The van der Waals surface area contributed by atoms with E-state index in [1.807, 2.05) is 0 Å². The molecule has 0 aliphatic heterocycles. The lowest BCUT2D eigenvalue weighted by Gasteiger charge is -2.12. The number of carboxylic acids is 1. The van der Waals surface area contributed by atoms with Crippen LogP contribution in [0, 0.1) is 17.6 Å². The van der Waals surface area contributed by atoms with Crippen LogP contribution < -0.4 is 0 Å². The van der Waals surface area contributed by atoms with Crippen molar-refractivity contribution in [2.45, 2.75) is 6.42 Å². The van der Waals surface area contributed by atoms with Gasteiger partial charge in [0.1, 0.15) is 0 Å². The van der Waals surface area contributed by atoms with E-state index in [9.17, 15) is 18.0 Å². The van der Waals surface area contributed by atoms with E-state index in [-0.39, 0.29) is 20.6 Å². The lowest BCUT2D eigenvalue weighted by Crippen LogP contribution is -2.10. The van der Waals surface area contributed by atoms with Gasteiger partial charge in [-0.05, 0) is 12.1 Å². The molecule has 0 amide bonds. The maximum Gasteiger partial charge on any atom is 0.309 e. The second-order valence-electron chi connectivity index (χ2n) is 4.17. The highest BCUT2D eigenvalue weighted by molar-refractivity contribution is 6.45. The quantitative estimate of drug-likeness (QED) is 0.626. The summed E-state index contributed by atoms with van der Waals surface area (Å²) in [6, 6.07) is 2.32. The number of carbonyl (C=O) groups is 1. The molecule has 0 radical (unpaired) electrons. The van der Waals surface area contributed by atoms with E-state index in [0.717, 1.165) is 6.07 Å². The number of nitrogens with zero attached hydrogens (tertiary/aromatic N) is 1. The van der Waals surface area contributed by atoms with Gasteiger partial charge < -0.3 is 5.11 Å². The lowest BCUT2D eigenvalue weighted by molar-refractivity contribution is -0.136. The van der Waals surface area contributed by atoms with Crippen LogP contribution in [0.1, 0.15) is 5.69 Å². The highest BCUT2D eigenvalue weighted by atomic mass is 35.5. The van der Waals surface area contributed by atoms with E-state index in [1.54, 1.807) is 0 Å². The van der Waals surface area contributed by atoms with E-state index in [1.165, 1.54) is 6.07 Å². The van der Waals surface area contributed by atoms with Gasteiger partial charge in [-0.1, -0.05) is 34.8 Å². The van der Waals surface area contributed by atoms with Gasteiger partial charge in [0, 0.05) is 10.6 Å². The van der Waals surface area contributed by atoms with Gasteiger partial charge in [0.2, 0.25) is 5.95 Å². The molecule has 0 unspecified atom stereocenters. The van der Waals surface area contributed by atoms with Crippen molar-refractivity contribution in [3.8, 4) is 11.1 Å². The molecular weight excluding hydrogens is 366 g/mol. The van der Waals surface area contributed by atoms with Crippen molar-refractivity contribution < 1.29 is 23.1 Å². The molecule has 9 heteroatoms. The lowest BCUT2D eigenvalue weighted by atomic mass is 10.0. The maximum absolute atomic E-state index is 14.3. The molecule has 2 aromatic rings. The van der Waals surface area contributed by atoms with Gasteiger partial charge in [0.15, 0.2) is 11.6 Å². The molecule has 0 spiro atoms. The van der Waals surface area contributed by atoms with Gasteiger partial charge in [-0.3, -0.25) is 4.79 Å². The van der Waals surface area contributed by atoms with E-state index in [0.29, 0.717) is 0 Å². The van der Waals surface area contributed by atoms with Crippen LogP contribution in [0.4, 0.5) is 13.2 Å². The van der Waals surface area contributed by atoms with Gasteiger partial charge in [-0.15, -0.1) is 0 Å². The first-order valence-corrected chi connectivity index (χ1v) is 6.75. The third kappa shape index (κ3) is 3.14. The smallest absolute Gasteiger partial charge is 0.309 e. The Morgan fingerprint density at radius 1 is 1.14 bits per heavy atom. The fraction of sp³-hybridized carbons (Fsp3) is 0.0769. The Morgan fingerprint density at radius 2 is 1.77 bits per heavy atom. The Kier molecular flexibility index (Phi) is 4.84. The largest absolute Gasteiger partial charge is 0.481 e. The first-order valence-electron chi connectivity index (χ1n) is 5.62. The van der Waals surface area contributed by atoms with Crippen molar-refractivity contribution in [1.82, 2.24) is 4.98 Å². The standard InChI is InChI=1S/C13H5Cl3F3NO2/c14-4-1-5(10(16)6(15)2-4)9-11(17)7(3-8(21)22)20-13(19)12(9)18/h1-2H,3H2,(H,21,22). The molecule has 3 nitrogen and oxygen atoms in total. The van der Waals surface area contributed by atoms with Crippen LogP contribution in [-0.4, -0.2) is 16.1 Å². The third-order valence-electron chi connectivity index (χ3n) is 2.69. The zero-order valence-electron chi connectivity index (χ0n) is 10.4. The summed E-state index contributed by atoms with van der Waals surface area (Å²) in [4.78, 5) is 13.6. The zero-order valence-corrected chi connectivity index (χ0v) is 12.7. The summed E-state index contributed by atoms with van der Waals surface area (Å²) < 4.78 is 41.8. The van der Waals surface area contributed by atoms with Gasteiger partial charge in [0.05, 0.1) is 27.7 Å². The van der Waals surface area contributed by atoms with Gasteiger partial charge >= 0.3 is 5.97 Å². The molecule has 0 atom stereocenters. The van der Waals surface area contributed by atoms with E-state index in [4.69, 9.17) is 39.9 Å². The van der Waals surface area contributed by atoms with Crippen LogP contribution >= 0.6 is 34.8 Å². The summed E-state index contributed by atoms with van der Waals surface area (Å²) in [5.74, 6) is -6.08. The Balaban J connectivity index is 2.80. The number of pyridine rings is 1. The predicted octanol–water partition coefficient (Wildman–Crippen LogP) is 4.75. The average Bonchev–Trinajstić information content (AvgIpc) is 2.41. The van der Waals surface area contributed by atoms with Crippen LogP contribution in [0.5, 0.6) is 0 Å². The Hall–Kier alpha value is -1.50. The molecule has 0 aliphatic carbocycles. The van der Waals surface area contributed by atoms with Crippen molar-refractivity contribution in [1.29, 1.82) is 0 Å². The van der Waals surface area contributed by atoms with Crippen LogP contribution in [0.2, 0.25) is 15.1 Å². The van der Waals surface area contributed by atoms with Crippen molar-refractivity contribution >= 4 is 40.8 Å². The number of rotatable bonds is 3. The summed E-state index contributed by atoms with van der Waals surface area (Å²) in [5, 5.41) is 8.33. The number of hydrogen-bond acceptors (Lipinski definition) is 2. The van der Waals surface area contributed by atoms with E-state index >= 15 is 0 Å². The molecule has 1 N–H and O–H groups in total. The van der Waals surface area contributed by atoms with E-state index in [2.05, 4.69) is 4.98 Å². The van der Waals surface area contributed by atoms with Gasteiger partial charge in [-0.25, -0.2) is 13.8 Å². The number of carboxylic acid groups (broad SMARTS) is 1. The SMILES string of the molecule is O=C(O)Cc1nc(F)c(F)c(-c2cc(Cl)cc(Cl)c2Cl)c1F. The molecule has 2 rings (SSSR count). The minimum atomic E-state index is -1.65. The Bertz CT molecular complexity index is 784. The number of benzene rings is 1. The molecule has 0 bridgehead atoms. The summed E-state index contributed by atoms with van der Waals surface area (Å²) in [7, 11) is 0. The van der Waals surface area contributed by atoms with Crippen LogP contribution in [0.15, 0.2) is 12.1 Å². The van der Waals surface area contributed by atoms with E-state index < -0.39 is 41.2 Å². The Morgan fingerprint density at radius 3 is 2.36 bits per heavy atom. The third-order valence-corrected chi connectivity index (χ3v) is 3.71. The monoisotopic (exact) mass is 369 g/mol. The number of halogens is 6. The van der Waals surface area contributed by atoms with Gasteiger partial charge in [-0.2, -0.15) is 4.39 Å². The Labute approximate surface area is 137 Å². The minimum absolute atomic E-state index is 0.0141.